The number of aromatic carboxylic acids is 1. The number of benzene rings is 1. The Balaban J connectivity index is 2.76. The van der Waals surface area contributed by atoms with Gasteiger partial charge >= 0.3 is 5.97 Å². The van der Waals surface area contributed by atoms with Crippen molar-refractivity contribution in [1.29, 1.82) is 0 Å². The molecule has 0 fully saturated rings. The molecule has 0 aliphatic rings. The third-order valence-corrected chi connectivity index (χ3v) is 2.33. The SMILES string of the molecule is CC(C)(C)c1nc2cc(F)cc(C(=O)O)c2o1. The molecule has 90 valence electrons. The zero-order valence-electron chi connectivity index (χ0n) is 9.74. The molecule has 2 rings (SSSR count). The van der Waals surface area contributed by atoms with Crippen molar-refractivity contribution in [2.45, 2.75) is 26.2 Å². The first kappa shape index (κ1) is 11.6. The molecular formula is C12H12FNO3. The Labute approximate surface area is 97.1 Å². The molecule has 0 unspecified atom stereocenters. The van der Waals surface area contributed by atoms with Crippen LogP contribution in [0.3, 0.4) is 0 Å². The molecule has 0 atom stereocenters. The monoisotopic (exact) mass is 237 g/mol. The standard InChI is InChI=1S/C12H12FNO3/c1-12(2,3)11-14-8-5-6(13)4-7(10(15)16)9(8)17-11/h4-5H,1-3H3,(H,15,16). The number of halogens is 1. The molecule has 1 aromatic carbocycles. The van der Waals surface area contributed by atoms with Gasteiger partial charge in [-0.1, -0.05) is 20.8 Å². The Morgan fingerprint density at radius 3 is 2.59 bits per heavy atom. The minimum atomic E-state index is -1.23. The van der Waals surface area contributed by atoms with Crippen LogP contribution in [-0.4, -0.2) is 16.1 Å². The zero-order valence-corrected chi connectivity index (χ0v) is 9.74. The van der Waals surface area contributed by atoms with E-state index in [0.29, 0.717) is 5.89 Å². The Hall–Kier alpha value is -1.91. The van der Waals surface area contributed by atoms with Gasteiger partial charge in [-0.3, -0.25) is 0 Å². The van der Waals surface area contributed by atoms with Crippen LogP contribution in [0.4, 0.5) is 4.39 Å². The van der Waals surface area contributed by atoms with Gasteiger partial charge in [0, 0.05) is 11.5 Å². The fraction of sp³-hybridized carbons (Fsp3) is 0.333. The van der Waals surface area contributed by atoms with Gasteiger partial charge < -0.3 is 9.52 Å². The van der Waals surface area contributed by atoms with Crippen molar-refractivity contribution < 1.29 is 18.7 Å². The minimum Gasteiger partial charge on any atom is -0.478 e. The predicted molar refractivity (Wildman–Crippen MR) is 59.6 cm³/mol. The van der Waals surface area contributed by atoms with E-state index in [-0.39, 0.29) is 22.1 Å². The van der Waals surface area contributed by atoms with Gasteiger partial charge in [0.25, 0.3) is 0 Å². The Morgan fingerprint density at radius 1 is 1.41 bits per heavy atom. The van der Waals surface area contributed by atoms with E-state index < -0.39 is 11.8 Å². The highest BCUT2D eigenvalue weighted by Gasteiger charge is 2.24. The second-order valence-electron chi connectivity index (χ2n) is 4.88. The Kier molecular flexibility index (Phi) is 2.41. The minimum absolute atomic E-state index is 0.115. The molecule has 1 aromatic heterocycles. The van der Waals surface area contributed by atoms with Crippen LogP contribution >= 0.6 is 0 Å². The van der Waals surface area contributed by atoms with E-state index in [9.17, 15) is 9.18 Å². The van der Waals surface area contributed by atoms with Gasteiger partial charge in [0.15, 0.2) is 5.58 Å². The molecule has 1 N–H and O–H groups in total. The second-order valence-corrected chi connectivity index (χ2v) is 4.88. The maximum absolute atomic E-state index is 13.2. The number of aromatic nitrogens is 1. The van der Waals surface area contributed by atoms with Gasteiger partial charge in [-0.25, -0.2) is 14.2 Å². The highest BCUT2D eigenvalue weighted by molar-refractivity contribution is 6.00. The van der Waals surface area contributed by atoms with Crippen LogP contribution in [0.25, 0.3) is 11.1 Å². The largest absolute Gasteiger partial charge is 0.478 e. The van der Waals surface area contributed by atoms with Crippen LogP contribution in [-0.2, 0) is 5.41 Å². The molecule has 1 heterocycles. The molecule has 5 heteroatoms. The zero-order chi connectivity index (χ0) is 12.8. The van der Waals surface area contributed by atoms with E-state index in [1.54, 1.807) is 0 Å². The summed E-state index contributed by atoms with van der Waals surface area (Å²) in [5.41, 5.74) is -0.218. The number of hydrogen-bond donors (Lipinski definition) is 1. The van der Waals surface area contributed by atoms with E-state index in [0.717, 1.165) is 6.07 Å². The summed E-state index contributed by atoms with van der Waals surface area (Å²) in [5, 5.41) is 8.96. The molecule has 0 bridgehead atoms. The van der Waals surface area contributed by atoms with E-state index in [1.165, 1.54) is 6.07 Å². The molecule has 4 nitrogen and oxygen atoms in total. The van der Waals surface area contributed by atoms with E-state index in [4.69, 9.17) is 9.52 Å². The molecule has 0 saturated heterocycles. The summed E-state index contributed by atoms with van der Waals surface area (Å²) in [6.45, 7) is 5.65. The van der Waals surface area contributed by atoms with E-state index in [1.807, 2.05) is 20.8 Å². The lowest BCUT2D eigenvalue weighted by Gasteiger charge is -2.11. The van der Waals surface area contributed by atoms with Gasteiger partial charge in [-0.2, -0.15) is 0 Å². The Morgan fingerprint density at radius 2 is 2.06 bits per heavy atom. The van der Waals surface area contributed by atoms with E-state index in [2.05, 4.69) is 4.98 Å². The van der Waals surface area contributed by atoms with Gasteiger partial charge in [0.2, 0.25) is 5.89 Å². The number of fused-ring (bicyclic) bond motifs is 1. The summed E-state index contributed by atoms with van der Waals surface area (Å²) >= 11 is 0. The lowest BCUT2D eigenvalue weighted by Crippen LogP contribution is -2.10. The summed E-state index contributed by atoms with van der Waals surface area (Å²) < 4.78 is 18.6. The van der Waals surface area contributed by atoms with Crippen molar-refractivity contribution in [3.05, 3.63) is 29.4 Å². The average molecular weight is 237 g/mol. The number of carboxylic acid groups (broad SMARTS) is 1. The lowest BCUT2D eigenvalue weighted by atomic mass is 9.97. The van der Waals surface area contributed by atoms with Crippen LogP contribution in [0.5, 0.6) is 0 Å². The number of oxazole rings is 1. The Bertz CT molecular complexity index is 596. The first-order valence-electron chi connectivity index (χ1n) is 5.13. The summed E-state index contributed by atoms with van der Waals surface area (Å²) in [4.78, 5) is 15.1. The molecule has 0 aliphatic heterocycles. The summed E-state index contributed by atoms with van der Waals surface area (Å²) in [6, 6.07) is 2.10. The summed E-state index contributed by atoms with van der Waals surface area (Å²) in [5.74, 6) is -1.48. The van der Waals surface area contributed by atoms with Crippen molar-refractivity contribution in [1.82, 2.24) is 4.98 Å². The quantitative estimate of drug-likeness (QED) is 0.828. The molecule has 0 amide bonds. The number of rotatable bonds is 1. The second kappa shape index (κ2) is 3.55. The van der Waals surface area contributed by atoms with Crippen LogP contribution in [0.1, 0.15) is 37.0 Å². The van der Waals surface area contributed by atoms with Crippen molar-refractivity contribution in [3.8, 4) is 0 Å². The van der Waals surface area contributed by atoms with Crippen molar-refractivity contribution in [2.75, 3.05) is 0 Å². The number of carboxylic acids is 1. The maximum atomic E-state index is 13.2. The fourth-order valence-electron chi connectivity index (χ4n) is 1.48. The third-order valence-electron chi connectivity index (χ3n) is 2.33. The normalized spacial score (nSPS) is 12.0. The van der Waals surface area contributed by atoms with E-state index >= 15 is 0 Å². The average Bonchev–Trinajstić information content (AvgIpc) is 2.58. The van der Waals surface area contributed by atoms with Crippen LogP contribution in [0.15, 0.2) is 16.5 Å². The molecule has 0 saturated carbocycles. The smallest absolute Gasteiger partial charge is 0.339 e. The highest BCUT2D eigenvalue weighted by atomic mass is 19.1. The van der Waals surface area contributed by atoms with Crippen LogP contribution in [0.2, 0.25) is 0 Å². The topological polar surface area (TPSA) is 63.3 Å². The highest BCUT2D eigenvalue weighted by Crippen LogP contribution is 2.28. The number of hydrogen-bond acceptors (Lipinski definition) is 3. The molecule has 2 aromatic rings. The molecular weight excluding hydrogens is 225 g/mol. The summed E-state index contributed by atoms with van der Waals surface area (Å²) in [7, 11) is 0. The third kappa shape index (κ3) is 2.00. The summed E-state index contributed by atoms with van der Waals surface area (Å²) in [6.07, 6.45) is 0. The van der Waals surface area contributed by atoms with Crippen molar-refractivity contribution in [2.24, 2.45) is 0 Å². The first-order valence-corrected chi connectivity index (χ1v) is 5.13. The maximum Gasteiger partial charge on any atom is 0.339 e. The predicted octanol–water partition coefficient (Wildman–Crippen LogP) is 2.96. The molecule has 0 spiro atoms. The number of carbonyl (C=O) groups is 1. The van der Waals surface area contributed by atoms with Crippen molar-refractivity contribution in [3.63, 3.8) is 0 Å². The lowest BCUT2D eigenvalue weighted by molar-refractivity contribution is 0.0697. The molecule has 0 radical (unpaired) electrons. The van der Waals surface area contributed by atoms with Gasteiger partial charge in [-0.15, -0.1) is 0 Å². The van der Waals surface area contributed by atoms with Crippen LogP contribution < -0.4 is 0 Å². The van der Waals surface area contributed by atoms with Gasteiger partial charge in [-0.05, 0) is 6.07 Å². The fourth-order valence-corrected chi connectivity index (χ4v) is 1.48. The molecule has 17 heavy (non-hydrogen) atoms. The van der Waals surface area contributed by atoms with Crippen molar-refractivity contribution >= 4 is 17.1 Å². The van der Waals surface area contributed by atoms with Crippen LogP contribution in [0, 0.1) is 5.82 Å². The van der Waals surface area contributed by atoms with Gasteiger partial charge in [0.1, 0.15) is 16.9 Å². The van der Waals surface area contributed by atoms with Gasteiger partial charge in [0.05, 0.1) is 0 Å². The first-order chi connectivity index (χ1) is 7.79. The number of nitrogens with zero attached hydrogens (tertiary/aromatic N) is 1. The molecule has 0 aliphatic carbocycles.